The van der Waals surface area contributed by atoms with Crippen LogP contribution in [0.25, 0.3) is 11.1 Å². The van der Waals surface area contributed by atoms with E-state index in [-0.39, 0.29) is 12.3 Å². The number of rotatable bonds is 5. The molecular weight excluding hydrogens is 312 g/mol. The highest BCUT2D eigenvalue weighted by Gasteiger charge is 2.12. The summed E-state index contributed by atoms with van der Waals surface area (Å²) in [7, 11) is -3.39. The summed E-state index contributed by atoms with van der Waals surface area (Å²) in [4.78, 5) is 4.25. The van der Waals surface area contributed by atoms with Crippen molar-refractivity contribution < 1.29 is 12.8 Å². The van der Waals surface area contributed by atoms with Crippen LogP contribution in [0.2, 0.25) is 0 Å². The second kappa shape index (κ2) is 6.14. The lowest BCUT2D eigenvalue weighted by atomic mass is 10.2. The van der Waals surface area contributed by atoms with Gasteiger partial charge in [0.25, 0.3) is 0 Å². The first kappa shape index (κ1) is 15.7. The smallest absolute Gasteiger partial charge is 0.216 e. The summed E-state index contributed by atoms with van der Waals surface area (Å²) in [5.41, 5.74) is 4.16. The second-order valence-corrected chi connectivity index (χ2v) is 7.41. The van der Waals surface area contributed by atoms with E-state index in [1.807, 2.05) is 43.3 Å². The van der Waals surface area contributed by atoms with Crippen molar-refractivity contribution in [1.29, 1.82) is 0 Å². The maximum Gasteiger partial charge on any atom is 0.216 e. The maximum atomic E-state index is 12.2. The third-order valence-electron chi connectivity index (χ3n) is 3.53. The Kier molecular flexibility index (Phi) is 4.19. The van der Waals surface area contributed by atoms with Crippen LogP contribution in [0.4, 0.5) is 0 Å². The molecule has 0 radical (unpaired) electrons. The van der Waals surface area contributed by atoms with Crippen LogP contribution in [0.5, 0.6) is 0 Å². The number of fused-ring (bicyclic) bond motifs is 1. The van der Waals surface area contributed by atoms with Gasteiger partial charge >= 0.3 is 0 Å². The van der Waals surface area contributed by atoms with E-state index in [2.05, 4.69) is 9.71 Å². The number of nitrogens with one attached hydrogen (secondary N) is 1. The molecule has 0 saturated heterocycles. The number of hydrogen-bond donors (Lipinski definition) is 1. The van der Waals surface area contributed by atoms with Crippen LogP contribution in [-0.4, -0.2) is 13.4 Å². The molecule has 3 rings (SSSR count). The average Bonchev–Trinajstić information content (AvgIpc) is 2.87. The van der Waals surface area contributed by atoms with E-state index >= 15 is 0 Å². The molecule has 0 bridgehead atoms. The second-order valence-electron chi connectivity index (χ2n) is 5.60. The summed E-state index contributed by atoms with van der Waals surface area (Å²) in [6.45, 7) is 3.98. The van der Waals surface area contributed by atoms with Gasteiger partial charge in [-0.05, 0) is 30.2 Å². The number of hydrogen-bond acceptors (Lipinski definition) is 4. The van der Waals surface area contributed by atoms with Crippen molar-refractivity contribution in [3.05, 3.63) is 65.0 Å². The van der Waals surface area contributed by atoms with Gasteiger partial charge in [-0.2, -0.15) is 0 Å². The molecule has 0 aliphatic carbocycles. The lowest BCUT2D eigenvalue weighted by Crippen LogP contribution is -2.24. The molecule has 2 aromatic carbocycles. The summed E-state index contributed by atoms with van der Waals surface area (Å²) >= 11 is 0. The normalized spacial score (nSPS) is 11.9. The topological polar surface area (TPSA) is 72.2 Å². The van der Waals surface area contributed by atoms with Crippen LogP contribution >= 0.6 is 0 Å². The molecule has 120 valence electrons. The third-order valence-corrected chi connectivity index (χ3v) is 4.83. The highest BCUT2D eigenvalue weighted by atomic mass is 32.2. The Morgan fingerprint density at radius 3 is 2.48 bits per heavy atom. The van der Waals surface area contributed by atoms with Crippen LogP contribution in [0, 0.1) is 13.8 Å². The highest BCUT2D eigenvalue weighted by Crippen LogP contribution is 2.17. The van der Waals surface area contributed by atoms with E-state index in [0.717, 1.165) is 22.2 Å². The Bertz CT molecular complexity index is 928. The first-order chi connectivity index (χ1) is 10.9. The molecule has 23 heavy (non-hydrogen) atoms. The van der Waals surface area contributed by atoms with Gasteiger partial charge < -0.3 is 4.42 Å². The summed E-state index contributed by atoms with van der Waals surface area (Å²) in [5, 5.41) is 0. The predicted molar refractivity (Wildman–Crippen MR) is 89.4 cm³/mol. The first-order valence-corrected chi connectivity index (χ1v) is 8.95. The van der Waals surface area contributed by atoms with E-state index in [9.17, 15) is 8.42 Å². The number of aryl methyl sites for hydroxylation is 2. The Labute approximate surface area is 135 Å². The number of oxazole rings is 1. The lowest BCUT2D eigenvalue weighted by Gasteiger charge is -2.07. The Morgan fingerprint density at radius 2 is 1.74 bits per heavy atom. The molecule has 0 saturated carbocycles. The van der Waals surface area contributed by atoms with Crippen LogP contribution in [0.3, 0.4) is 0 Å². The summed E-state index contributed by atoms with van der Waals surface area (Å²) in [6.07, 6.45) is 0. The standard InChI is InChI=1S/C17H18N2O3S/c1-12-3-5-14(6-4-12)11-23(20,21)18-10-15-7-8-17-16(9-15)19-13(2)22-17/h3-9,18H,10-11H2,1-2H3. The van der Waals surface area contributed by atoms with E-state index in [1.165, 1.54) is 0 Å². The Morgan fingerprint density at radius 1 is 1.04 bits per heavy atom. The Balaban J connectivity index is 1.68. The van der Waals surface area contributed by atoms with Gasteiger partial charge in [0.2, 0.25) is 10.0 Å². The molecule has 0 aliphatic rings. The first-order valence-electron chi connectivity index (χ1n) is 7.30. The van der Waals surface area contributed by atoms with Gasteiger partial charge in [-0.15, -0.1) is 0 Å². The molecule has 0 spiro atoms. The molecule has 0 atom stereocenters. The highest BCUT2D eigenvalue weighted by molar-refractivity contribution is 7.88. The monoisotopic (exact) mass is 330 g/mol. The molecule has 5 nitrogen and oxygen atoms in total. The lowest BCUT2D eigenvalue weighted by molar-refractivity contribution is 0.561. The van der Waals surface area contributed by atoms with E-state index in [4.69, 9.17) is 4.42 Å². The molecule has 1 N–H and O–H groups in total. The zero-order chi connectivity index (χ0) is 16.4. The molecule has 0 unspecified atom stereocenters. The number of nitrogens with zero attached hydrogens (tertiary/aromatic N) is 1. The summed E-state index contributed by atoms with van der Waals surface area (Å²) < 4.78 is 32.4. The SMILES string of the molecule is Cc1ccc(CS(=O)(=O)NCc2ccc3oc(C)nc3c2)cc1. The van der Waals surface area contributed by atoms with Crippen LogP contribution < -0.4 is 4.72 Å². The van der Waals surface area contributed by atoms with Crippen molar-refractivity contribution in [3.8, 4) is 0 Å². The van der Waals surface area contributed by atoms with Crippen LogP contribution in [0.1, 0.15) is 22.6 Å². The van der Waals surface area contributed by atoms with Crippen molar-refractivity contribution >= 4 is 21.1 Å². The van der Waals surface area contributed by atoms with Gasteiger partial charge in [0.15, 0.2) is 11.5 Å². The fraction of sp³-hybridized carbons (Fsp3) is 0.235. The van der Waals surface area contributed by atoms with Crippen molar-refractivity contribution in [2.45, 2.75) is 26.1 Å². The van der Waals surface area contributed by atoms with Gasteiger partial charge in [-0.3, -0.25) is 0 Å². The van der Waals surface area contributed by atoms with Crippen molar-refractivity contribution in [3.63, 3.8) is 0 Å². The van der Waals surface area contributed by atoms with Crippen LogP contribution in [0.15, 0.2) is 46.9 Å². The molecule has 1 heterocycles. The molecule has 0 aliphatic heterocycles. The Hall–Kier alpha value is -2.18. The molecule has 6 heteroatoms. The molecule has 1 aromatic heterocycles. The number of benzene rings is 2. The third kappa shape index (κ3) is 3.97. The van der Waals surface area contributed by atoms with Crippen LogP contribution in [-0.2, 0) is 22.3 Å². The van der Waals surface area contributed by atoms with Gasteiger partial charge in [0.1, 0.15) is 5.52 Å². The van der Waals surface area contributed by atoms with Gasteiger partial charge in [-0.1, -0.05) is 35.9 Å². The zero-order valence-electron chi connectivity index (χ0n) is 13.0. The largest absolute Gasteiger partial charge is 0.441 e. The molecule has 0 amide bonds. The minimum Gasteiger partial charge on any atom is -0.441 e. The fourth-order valence-electron chi connectivity index (χ4n) is 2.35. The van der Waals surface area contributed by atoms with E-state index in [1.54, 1.807) is 13.0 Å². The van der Waals surface area contributed by atoms with Gasteiger partial charge in [0, 0.05) is 13.5 Å². The van der Waals surface area contributed by atoms with Crippen molar-refractivity contribution in [1.82, 2.24) is 9.71 Å². The average molecular weight is 330 g/mol. The fourth-order valence-corrected chi connectivity index (χ4v) is 3.47. The molecular formula is C17H18N2O3S. The molecule has 3 aromatic rings. The van der Waals surface area contributed by atoms with E-state index in [0.29, 0.717) is 11.5 Å². The summed E-state index contributed by atoms with van der Waals surface area (Å²) in [6, 6.07) is 13.0. The maximum absolute atomic E-state index is 12.2. The zero-order valence-corrected chi connectivity index (χ0v) is 13.9. The van der Waals surface area contributed by atoms with Crippen molar-refractivity contribution in [2.24, 2.45) is 0 Å². The number of aromatic nitrogens is 1. The molecule has 0 fully saturated rings. The number of sulfonamides is 1. The predicted octanol–water partition coefficient (Wildman–Crippen LogP) is 3.06. The minimum atomic E-state index is -3.39. The van der Waals surface area contributed by atoms with Gasteiger partial charge in [-0.25, -0.2) is 18.1 Å². The quantitative estimate of drug-likeness (QED) is 0.780. The van der Waals surface area contributed by atoms with Crippen molar-refractivity contribution in [2.75, 3.05) is 0 Å². The van der Waals surface area contributed by atoms with E-state index < -0.39 is 10.0 Å². The summed E-state index contributed by atoms with van der Waals surface area (Å²) in [5.74, 6) is 0.565. The van der Waals surface area contributed by atoms with Gasteiger partial charge in [0.05, 0.1) is 5.75 Å². The minimum absolute atomic E-state index is 0.0292.